The second-order valence-corrected chi connectivity index (χ2v) is 5.66. The number of likely N-dealkylation sites (tertiary alicyclic amines) is 1. The van der Waals surface area contributed by atoms with Gasteiger partial charge in [-0.25, -0.2) is 0 Å². The molecule has 0 bridgehead atoms. The van der Waals surface area contributed by atoms with E-state index in [1.54, 1.807) is 0 Å². The second kappa shape index (κ2) is 8.90. The zero-order valence-electron chi connectivity index (χ0n) is 11.9. The summed E-state index contributed by atoms with van der Waals surface area (Å²) >= 11 is 0. The van der Waals surface area contributed by atoms with Crippen molar-refractivity contribution in [3.63, 3.8) is 0 Å². The van der Waals surface area contributed by atoms with Gasteiger partial charge in [-0.05, 0) is 51.2 Å². The first kappa shape index (κ1) is 14.9. The van der Waals surface area contributed by atoms with Gasteiger partial charge in [-0.3, -0.25) is 0 Å². The van der Waals surface area contributed by atoms with Crippen molar-refractivity contribution in [1.29, 1.82) is 0 Å². The predicted molar refractivity (Wildman–Crippen MR) is 73.4 cm³/mol. The Morgan fingerprint density at radius 1 is 1.35 bits per heavy atom. The van der Waals surface area contributed by atoms with E-state index in [4.69, 9.17) is 4.74 Å². The van der Waals surface area contributed by atoms with Gasteiger partial charge in [-0.1, -0.05) is 13.8 Å². The molecule has 0 aliphatic carbocycles. The molecule has 17 heavy (non-hydrogen) atoms. The third-order valence-electron chi connectivity index (χ3n) is 3.49. The van der Waals surface area contributed by atoms with Crippen molar-refractivity contribution in [1.82, 2.24) is 10.2 Å². The molecule has 1 unspecified atom stereocenters. The molecule has 102 valence electrons. The van der Waals surface area contributed by atoms with Gasteiger partial charge in [-0.15, -0.1) is 0 Å². The normalized spacial score (nSPS) is 22.2. The van der Waals surface area contributed by atoms with Gasteiger partial charge in [0.25, 0.3) is 0 Å². The van der Waals surface area contributed by atoms with Crippen molar-refractivity contribution in [2.45, 2.75) is 33.1 Å². The molecule has 1 aliphatic heterocycles. The van der Waals surface area contributed by atoms with Gasteiger partial charge >= 0.3 is 0 Å². The summed E-state index contributed by atoms with van der Waals surface area (Å²) in [5.74, 6) is 1.59. The van der Waals surface area contributed by atoms with Crippen LogP contribution in [0.5, 0.6) is 0 Å². The third kappa shape index (κ3) is 7.02. The van der Waals surface area contributed by atoms with Gasteiger partial charge in [-0.2, -0.15) is 0 Å². The highest BCUT2D eigenvalue weighted by Crippen LogP contribution is 2.15. The summed E-state index contributed by atoms with van der Waals surface area (Å²) in [7, 11) is 2.05. The van der Waals surface area contributed by atoms with Crippen LogP contribution in [0.2, 0.25) is 0 Å². The van der Waals surface area contributed by atoms with E-state index in [1.807, 2.05) is 7.05 Å². The van der Waals surface area contributed by atoms with E-state index in [-0.39, 0.29) is 0 Å². The fourth-order valence-electron chi connectivity index (χ4n) is 2.42. The largest absolute Gasteiger partial charge is 0.380 e. The number of ether oxygens (including phenoxy) is 1. The molecule has 0 aromatic heterocycles. The molecule has 3 nitrogen and oxygen atoms in total. The third-order valence-corrected chi connectivity index (χ3v) is 3.49. The average molecular weight is 242 g/mol. The fourth-order valence-corrected chi connectivity index (χ4v) is 2.42. The summed E-state index contributed by atoms with van der Waals surface area (Å²) in [6.07, 6.45) is 3.91. The zero-order valence-corrected chi connectivity index (χ0v) is 11.9. The van der Waals surface area contributed by atoms with Crippen LogP contribution in [0.4, 0.5) is 0 Å². The molecule has 1 saturated heterocycles. The van der Waals surface area contributed by atoms with Crippen LogP contribution in [-0.2, 0) is 4.74 Å². The average Bonchev–Trinajstić information content (AvgIpc) is 2.29. The number of nitrogens with zero attached hydrogens (tertiary/aromatic N) is 1. The van der Waals surface area contributed by atoms with Crippen molar-refractivity contribution in [3.05, 3.63) is 0 Å². The summed E-state index contributed by atoms with van der Waals surface area (Å²) in [6.45, 7) is 11.1. The van der Waals surface area contributed by atoms with Crippen LogP contribution in [0.3, 0.4) is 0 Å². The maximum absolute atomic E-state index is 5.69. The summed E-state index contributed by atoms with van der Waals surface area (Å²) in [5.41, 5.74) is 0. The van der Waals surface area contributed by atoms with Crippen molar-refractivity contribution >= 4 is 0 Å². The first-order valence-corrected chi connectivity index (χ1v) is 7.17. The molecular formula is C14H30N2O. The molecule has 1 heterocycles. The lowest BCUT2D eigenvalue weighted by atomic mass is 9.98. The number of rotatable bonds is 8. The van der Waals surface area contributed by atoms with Crippen LogP contribution in [0.25, 0.3) is 0 Å². The number of nitrogens with one attached hydrogen (secondary N) is 1. The molecule has 1 atom stereocenters. The van der Waals surface area contributed by atoms with Crippen LogP contribution in [0.1, 0.15) is 33.1 Å². The molecule has 0 aromatic rings. The monoisotopic (exact) mass is 242 g/mol. The van der Waals surface area contributed by atoms with Crippen molar-refractivity contribution in [2.24, 2.45) is 11.8 Å². The molecular weight excluding hydrogens is 212 g/mol. The Morgan fingerprint density at radius 3 is 2.88 bits per heavy atom. The van der Waals surface area contributed by atoms with E-state index in [0.29, 0.717) is 0 Å². The van der Waals surface area contributed by atoms with Crippen LogP contribution < -0.4 is 5.32 Å². The molecule has 1 aliphatic rings. The molecule has 3 heteroatoms. The SMILES string of the molecule is CNCC1CCCN(CCOCCC(C)C)C1. The quantitative estimate of drug-likeness (QED) is 0.659. The Bertz CT molecular complexity index is 183. The minimum absolute atomic E-state index is 0.755. The second-order valence-electron chi connectivity index (χ2n) is 5.66. The molecule has 0 spiro atoms. The van der Waals surface area contributed by atoms with Gasteiger partial charge < -0.3 is 15.0 Å². The number of piperidine rings is 1. The van der Waals surface area contributed by atoms with Gasteiger partial charge in [0.05, 0.1) is 6.61 Å². The molecule has 0 aromatic carbocycles. The Kier molecular flexibility index (Phi) is 7.82. The van der Waals surface area contributed by atoms with Gasteiger partial charge in [0.2, 0.25) is 0 Å². The standard InChI is InChI=1S/C14H30N2O/c1-13(2)6-9-17-10-8-16-7-4-5-14(12-16)11-15-3/h13-15H,4-12H2,1-3H3. The molecule has 1 fully saturated rings. The number of hydrogen-bond donors (Lipinski definition) is 1. The molecule has 0 saturated carbocycles. The zero-order chi connectivity index (χ0) is 12.5. The lowest BCUT2D eigenvalue weighted by molar-refractivity contribution is 0.0795. The highest BCUT2D eigenvalue weighted by Gasteiger charge is 2.18. The summed E-state index contributed by atoms with van der Waals surface area (Å²) in [5, 5.41) is 3.29. The number of hydrogen-bond acceptors (Lipinski definition) is 3. The Labute approximate surface area is 107 Å². The van der Waals surface area contributed by atoms with E-state index in [9.17, 15) is 0 Å². The maximum atomic E-state index is 5.69. The predicted octanol–water partition coefficient (Wildman–Crippen LogP) is 1.98. The van der Waals surface area contributed by atoms with Crippen LogP contribution in [0, 0.1) is 11.8 Å². The molecule has 0 amide bonds. The molecule has 1 N–H and O–H groups in total. The van der Waals surface area contributed by atoms with Crippen LogP contribution >= 0.6 is 0 Å². The van der Waals surface area contributed by atoms with Gasteiger partial charge in [0, 0.05) is 19.7 Å². The summed E-state index contributed by atoms with van der Waals surface area (Å²) in [4.78, 5) is 2.56. The molecule has 1 rings (SSSR count). The highest BCUT2D eigenvalue weighted by molar-refractivity contribution is 4.73. The van der Waals surface area contributed by atoms with Gasteiger partial charge in [0.1, 0.15) is 0 Å². The Morgan fingerprint density at radius 2 is 2.18 bits per heavy atom. The summed E-state index contributed by atoms with van der Waals surface area (Å²) in [6, 6.07) is 0. The maximum Gasteiger partial charge on any atom is 0.0593 e. The highest BCUT2D eigenvalue weighted by atomic mass is 16.5. The first-order valence-electron chi connectivity index (χ1n) is 7.17. The summed E-state index contributed by atoms with van der Waals surface area (Å²) < 4.78 is 5.69. The van der Waals surface area contributed by atoms with E-state index >= 15 is 0 Å². The van der Waals surface area contributed by atoms with E-state index in [0.717, 1.165) is 38.1 Å². The molecule has 0 radical (unpaired) electrons. The Balaban J connectivity index is 2.02. The lowest BCUT2D eigenvalue weighted by Gasteiger charge is -2.32. The van der Waals surface area contributed by atoms with Crippen molar-refractivity contribution < 1.29 is 4.74 Å². The van der Waals surface area contributed by atoms with Crippen LogP contribution in [0.15, 0.2) is 0 Å². The van der Waals surface area contributed by atoms with E-state index in [2.05, 4.69) is 24.1 Å². The van der Waals surface area contributed by atoms with Crippen molar-refractivity contribution in [2.75, 3.05) is 46.4 Å². The minimum atomic E-state index is 0.755. The van der Waals surface area contributed by atoms with E-state index in [1.165, 1.54) is 32.4 Å². The van der Waals surface area contributed by atoms with E-state index < -0.39 is 0 Å². The first-order chi connectivity index (χ1) is 8.22. The topological polar surface area (TPSA) is 24.5 Å². The minimum Gasteiger partial charge on any atom is -0.380 e. The fraction of sp³-hybridized carbons (Fsp3) is 1.00. The smallest absolute Gasteiger partial charge is 0.0593 e. The lowest BCUT2D eigenvalue weighted by Crippen LogP contribution is -2.40. The van der Waals surface area contributed by atoms with Crippen molar-refractivity contribution in [3.8, 4) is 0 Å². The Hall–Kier alpha value is -0.120. The van der Waals surface area contributed by atoms with Gasteiger partial charge in [0.15, 0.2) is 0 Å². The van der Waals surface area contributed by atoms with Crippen LogP contribution in [-0.4, -0.2) is 51.3 Å².